The van der Waals surface area contributed by atoms with Crippen LogP contribution in [0.1, 0.15) is 38.5 Å². The predicted molar refractivity (Wildman–Crippen MR) is 73.0 cm³/mol. The Morgan fingerprint density at radius 3 is 1.00 bits per heavy atom. The van der Waals surface area contributed by atoms with E-state index in [9.17, 15) is 4.89 Å². The van der Waals surface area contributed by atoms with Gasteiger partial charge in [-0.05, 0) is 0 Å². The molecule has 5 heteroatoms. The molecular weight excluding hydrogens is 233 g/mol. The maximum atomic E-state index is 11.4. The van der Waals surface area contributed by atoms with E-state index in [1.807, 2.05) is 0 Å². The van der Waals surface area contributed by atoms with Crippen LogP contribution in [0.5, 0.6) is 0 Å². The van der Waals surface area contributed by atoms with Gasteiger partial charge in [0.05, 0.1) is 0 Å². The molecule has 0 amide bonds. The molecule has 4 nitrogen and oxygen atoms in total. The summed E-state index contributed by atoms with van der Waals surface area (Å²) < 4.78 is 7.34. The fourth-order valence-corrected chi connectivity index (χ4v) is 7.60. The van der Waals surface area contributed by atoms with Crippen molar-refractivity contribution in [1.29, 1.82) is 0 Å². The van der Waals surface area contributed by atoms with Crippen molar-refractivity contribution >= 4 is 7.94 Å². The van der Waals surface area contributed by atoms with Crippen LogP contribution in [0, 0.1) is 0 Å². The van der Waals surface area contributed by atoms with Crippen LogP contribution in [-0.2, 0) is 0 Å². The van der Waals surface area contributed by atoms with E-state index in [4.69, 9.17) is 0 Å². The van der Waals surface area contributed by atoms with Gasteiger partial charge in [-0.2, -0.15) is 0 Å². The van der Waals surface area contributed by atoms with Crippen molar-refractivity contribution in [3.8, 4) is 0 Å². The van der Waals surface area contributed by atoms with Crippen molar-refractivity contribution in [2.24, 2.45) is 0 Å². The summed E-state index contributed by atoms with van der Waals surface area (Å²) in [6.07, 6.45) is 7.65. The quantitative estimate of drug-likeness (QED) is 0.781. The topological polar surface area (TPSA) is 30.0 Å². The van der Waals surface area contributed by atoms with Gasteiger partial charge in [-0.3, -0.25) is 0 Å². The van der Waals surface area contributed by atoms with Crippen molar-refractivity contribution in [3.05, 3.63) is 0 Å². The molecule has 3 fully saturated rings. The molecule has 1 N–H and O–H groups in total. The maximum absolute atomic E-state index is 11.4. The van der Waals surface area contributed by atoms with Crippen molar-refractivity contribution in [3.63, 3.8) is 0 Å². The van der Waals surface area contributed by atoms with Crippen LogP contribution in [0.2, 0.25) is 0 Å². The summed E-state index contributed by atoms with van der Waals surface area (Å²) >= 11 is 0. The van der Waals surface area contributed by atoms with Crippen molar-refractivity contribution < 1.29 is 4.89 Å². The normalized spacial score (nSPS) is 30.4. The molecule has 3 heterocycles. The van der Waals surface area contributed by atoms with Crippen LogP contribution in [0.3, 0.4) is 0 Å². The molecule has 0 aromatic heterocycles. The summed E-state index contributed by atoms with van der Waals surface area (Å²) in [5, 5.41) is 0. The molecule has 100 valence electrons. The van der Waals surface area contributed by atoms with Crippen molar-refractivity contribution in [1.82, 2.24) is 14.0 Å². The molecule has 3 saturated heterocycles. The zero-order valence-corrected chi connectivity index (χ0v) is 11.8. The van der Waals surface area contributed by atoms with Crippen LogP contribution in [-0.4, -0.2) is 58.2 Å². The summed E-state index contributed by atoms with van der Waals surface area (Å²) in [7, 11) is -2.45. The van der Waals surface area contributed by atoms with E-state index in [0.717, 1.165) is 39.3 Å². The van der Waals surface area contributed by atoms with Crippen LogP contribution in [0.25, 0.3) is 0 Å². The monoisotopic (exact) mass is 259 g/mol. The van der Waals surface area contributed by atoms with Crippen LogP contribution in [0.4, 0.5) is 0 Å². The van der Waals surface area contributed by atoms with Crippen molar-refractivity contribution in [2.45, 2.75) is 38.5 Å². The number of rotatable bonds is 3. The van der Waals surface area contributed by atoms with Gasteiger partial charge in [-0.25, -0.2) is 0 Å². The third-order valence-corrected chi connectivity index (χ3v) is 8.48. The summed E-state index contributed by atoms with van der Waals surface area (Å²) in [6.45, 7) is 6.72. The third-order valence-electron chi connectivity index (χ3n) is 4.59. The second kappa shape index (κ2) is 5.10. The molecule has 0 saturated carbocycles. The Kier molecular flexibility index (Phi) is 3.69. The second-order valence-corrected chi connectivity index (χ2v) is 8.78. The van der Waals surface area contributed by atoms with Gasteiger partial charge in [0.25, 0.3) is 0 Å². The van der Waals surface area contributed by atoms with E-state index in [0.29, 0.717) is 0 Å². The zero-order valence-electron chi connectivity index (χ0n) is 10.8. The SMILES string of the molecule is O[PH](N1CCCC1)(N1CCCC1)N1CCCC1. The van der Waals surface area contributed by atoms with E-state index in [1.165, 1.54) is 38.5 Å². The first kappa shape index (κ1) is 12.3. The Morgan fingerprint density at radius 2 is 0.765 bits per heavy atom. The van der Waals surface area contributed by atoms with Gasteiger partial charge in [-0.1, -0.05) is 0 Å². The Labute approximate surface area is 105 Å². The van der Waals surface area contributed by atoms with E-state index in [-0.39, 0.29) is 0 Å². The summed E-state index contributed by atoms with van der Waals surface area (Å²) in [4.78, 5) is 11.4. The minimum atomic E-state index is -2.45. The molecule has 3 rings (SSSR count). The fourth-order valence-electron chi connectivity index (χ4n) is 3.65. The molecule has 0 radical (unpaired) electrons. The Bertz CT molecular complexity index is 218. The molecule has 0 aromatic rings. The third kappa shape index (κ3) is 2.15. The molecule has 0 aromatic carbocycles. The minimum absolute atomic E-state index is 1.12. The van der Waals surface area contributed by atoms with E-state index in [1.54, 1.807) is 0 Å². The molecule has 0 aliphatic carbocycles. The molecule has 0 unspecified atom stereocenters. The van der Waals surface area contributed by atoms with Crippen LogP contribution in [0.15, 0.2) is 0 Å². The van der Waals surface area contributed by atoms with Crippen LogP contribution >= 0.6 is 7.94 Å². The van der Waals surface area contributed by atoms with E-state index >= 15 is 0 Å². The Hall–Kier alpha value is 0.270. The zero-order chi connectivity index (χ0) is 11.7. The van der Waals surface area contributed by atoms with E-state index < -0.39 is 7.94 Å². The van der Waals surface area contributed by atoms with Gasteiger partial charge in [-0.15, -0.1) is 0 Å². The van der Waals surface area contributed by atoms with Crippen LogP contribution < -0.4 is 0 Å². The van der Waals surface area contributed by atoms with Gasteiger partial charge < -0.3 is 0 Å². The van der Waals surface area contributed by atoms with Gasteiger partial charge in [0.1, 0.15) is 0 Å². The molecular formula is C12H26N3OP. The van der Waals surface area contributed by atoms with Crippen molar-refractivity contribution in [2.75, 3.05) is 39.3 Å². The molecule has 3 aliphatic rings. The summed E-state index contributed by atoms with van der Waals surface area (Å²) in [5.41, 5.74) is 0. The predicted octanol–water partition coefficient (Wildman–Crippen LogP) is 1.68. The second-order valence-electron chi connectivity index (χ2n) is 5.68. The molecule has 0 spiro atoms. The summed E-state index contributed by atoms with van der Waals surface area (Å²) in [5.74, 6) is 0. The summed E-state index contributed by atoms with van der Waals surface area (Å²) in [6, 6.07) is 0. The number of hydrogen-bond donors (Lipinski definition) is 1. The number of hydrogen-bond acceptors (Lipinski definition) is 4. The van der Waals surface area contributed by atoms with Gasteiger partial charge >= 0.3 is 105 Å². The molecule has 0 atom stereocenters. The Balaban J connectivity index is 1.81. The molecule has 3 aliphatic heterocycles. The molecule has 0 bridgehead atoms. The standard InChI is InChI=1S/C12H26N3OP/c16-17(13-7-1-2-8-13,14-9-3-4-10-14)15-11-5-6-12-15/h16-17H,1-12H2. The average Bonchev–Trinajstić information content (AvgIpc) is 3.10. The van der Waals surface area contributed by atoms with Gasteiger partial charge in [0.2, 0.25) is 0 Å². The first-order valence-corrected chi connectivity index (χ1v) is 9.08. The van der Waals surface area contributed by atoms with Gasteiger partial charge in [0.15, 0.2) is 0 Å². The average molecular weight is 259 g/mol. The van der Waals surface area contributed by atoms with E-state index in [2.05, 4.69) is 14.0 Å². The Morgan fingerprint density at radius 1 is 0.529 bits per heavy atom. The number of nitrogens with zero attached hydrogens (tertiary/aromatic N) is 3. The first-order chi connectivity index (χ1) is 8.32. The first-order valence-electron chi connectivity index (χ1n) is 7.29. The fraction of sp³-hybridized carbons (Fsp3) is 1.00. The molecule has 17 heavy (non-hydrogen) atoms. The van der Waals surface area contributed by atoms with Gasteiger partial charge in [0, 0.05) is 0 Å².